The third kappa shape index (κ3) is 5.41. The Labute approximate surface area is 157 Å². The summed E-state index contributed by atoms with van der Waals surface area (Å²) in [4.78, 5) is 14.3. The van der Waals surface area contributed by atoms with E-state index >= 15 is 0 Å². The fraction of sp³-hybridized carbons (Fsp3) is 0.944. The molecule has 152 valence electrons. The van der Waals surface area contributed by atoms with Crippen LogP contribution in [0.1, 0.15) is 46.5 Å². The van der Waals surface area contributed by atoms with E-state index in [0.29, 0.717) is 51.9 Å². The Morgan fingerprint density at radius 3 is 2.46 bits per heavy atom. The number of rotatable bonds is 6. The minimum absolute atomic E-state index is 0.0378. The van der Waals surface area contributed by atoms with Gasteiger partial charge < -0.3 is 20.1 Å². The van der Waals surface area contributed by atoms with Gasteiger partial charge in [0.2, 0.25) is 5.91 Å². The minimum atomic E-state index is -2.98. The summed E-state index contributed by atoms with van der Waals surface area (Å²) in [6.07, 6.45) is 2.75. The minimum Gasteiger partial charge on any atom is -0.388 e. The highest BCUT2D eigenvalue weighted by atomic mass is 32.2. The lowest BCUT2D eigenvalue weighted by Gasteiger charge is -2.53. The molecule has 2 atom stereocenters. The van der Waals surface area contributed by atoms with Crippen LogP contribution in [0, 0.1) is 5.92 Å². The molecule has 1 amide bonds. The van der Waals surface area contributed by atoms with E-state index in [1.54, 1.807) is 0 Å². The monoisotopic (exact) mass is 390 g/mol. The summed E-state index contributed by atoms with van der Waals surface area (Å²) in [5.74, 6) is 0.374. The maximum Gasteiger partial charge on any atom is 0.220 e. The van der Waals surface area contributed by atoms with Crippen molar-refractivity contribution in [3.63, 3.8) is 0 Å². The number of likely N-dealkylation sites (tertiary alicyclic amines) is 1. The maximum atomic E-state index is 12.2. The summed E-state index contributed by atoms with van der Waals surface area (Å²) in [5, 5.41) is 14.1. The third-order valence-corrected chi connectivity index (χ3v) is 6.54. The van der Waals surface area contributed by atoms with Crippen LogP contribution in [0.25, 0.3) is 0 Å². The average Bonchev–Trinajstić information content (AvgIpc) is 2.50. The van der Waals surface area contributed by atoms with Crippen LogP contribution < -0.4 is 5.32 Å². The lowest BCUT2D eigenvalue weighted by atomic mass is 9.73. The van der Waals surface area contributed by atoms with Crippen molar-refractivity contribution in [2.24, 2.45) is 5.92 Å². The van der Waals surface area contributed by atoms with Gasteiger partial charge in [0, 0.05) is 38.9 Å². The van der Waals surface area contributed by atoms with Gasteiger partial charge in [-0.05, 0) is 32.1 Å². The molecule has 0 unspecified atom stereocenters. The molecule has 2 aliphatic rings. The average molecular weight is 391 g/mol. The van der Waals surface area contributed by atoms with E-state index in [1.807, 2.05) is 20.8 Å². The van der Waals surface area contributed by atoms with E-state index in [4.69, 9.17) is 4.74 Å². The van der Waals surface area contributed by atoms with Crippen molar-refractivity contribution in [1.82, 2.24) is 10.2 Å². The number of ether oxygens (including phenoxy) is 1. The maximum absolute atomic E-state index is 12.2. The number of amides is 1. The fourth-order valence-electron chi connectivity index (χ4n) is 4.00. The van der Waals surface area contributed by atoms with Crippen LogP contribution in [0.5, 0.6) is 0 Å². The molecule has 1 spiro atoms. The van der Waals surface area contributed by atoms with Gasteiger partial charge in [0.15, 0.2) is 0 Å². The zero-order valence-electron chi connectivity index (χ0n) is 16.5. The smallest absolute Gasteiger partial charge is 0.220 e. The van der Waals surface area contributed by atoms with Crippen molar-refractivity contribution in [2.75, 3.05) is 38.2 Å². The first-order chi connectivity index (χ1) is 12.0. The molecule has 0 aliphatic carbocycles. The summed E-state index contributed by atoms with van der Waals surface area (Å²) in [6, 6.07) is 0. The number of carbonyl (C=O) groups excluding carboxylic acids is 1. The third-order valence-electron chi connectivity index (χ3n) is 5.61. The molecule has 2 rings (SSSR count). The first kappa shape index (κ1) is 21.6. The first-order valence-electron chi connectivity index (χ1n) is 9.49. The van der Waals surface area contributed by atoms with Crippen LogP contribution in [-0.2, 0) is 19.4 Å². The molecule has 0 aromatic heterocycles. The lowest BCUT2D eigenvalue weighted by Crippen LogP contribution is -2.69. The number of hydrogen-bond acceptors (Lipinski definition) is 6. The molecule has 2 N–H and O–H groups in total. The SMILES string of the molecule is CC(C)CC(=O)N[C@]1(C)CCOC2(CCN(CCS(C)(=O)=O)CC2)[C@H]1O. The second-order valence-corrected chi connectivity index (χ2v) is 10.9. The van der Waals surface area contributed by atoms with Gasteiger partial charge in [0.05, 0.1) is 16.9 Å². The predicted molar refractivity (Wildman–Crippen MR) is 101 cm³/mol. The molecule has 0 aromatic carbocycles. The number of sulfone groups is 1. The van der Waals surface area contributed by atoms with Crippen LogP contribution in [0.2, 0.25) is 0 Å². The van der Waals surface area contributed by atoms with Crippen LogP contribution in [0.4, 0.5) is 0 Å². The molecule has 26 heavy (non-hydrogen) atoms. The molecule has 0 bridgehead atoms. The highest BCUT2D eigenvalue weighted by Gasteiger charge is 2.53. The van der Waals surface area contributed by atoms with Gasteiger partial charge >= 0.3 is 0 Å². The molecule has 0 saturated carbocycles. The van der Waals surface area contributed by atoms with Crippen LogP contribution in [0.3, 0.4) is 0 Å². The van der Waals surface area contributed by atoms with Crippen LogP contribution in [-0.4, -0.2) is 79.8 Å². The molecule has 2 saturated heterocycles. The molecule has 7 nitrogen and oxygen atoms in total. The van der Waals surface area contributed by atoms with Gasteiger partial charge in [-0.2, -0.15) is 0 Å². The number of nitrogens with one attached hydrogen (secondary N) is 1. The van der Waals surface area contributed by atoms with Gasteiger partial charge in [-0.3, -0.25) is 4.79 Å². The normalized spacial score (nSPS) is 29.8. The van der Waals surface area contributed by atoms with Crippen LogP contribution >= 0.6 is 0 Å². The van der Waals surface area contributed by atoms with Gasteiger partial charge in [-0.25, -0.2) is 8.42 Å². The Morgan fingerprint density at radius 1 is 1.31 bits per heavy atom. The zero-order chi connectivity index (χ0) is 19.6. The standard InChI is InChI=1S/C18H34N2O5S/c1-14(2)13-15(21)19-17(3)7-11-25-18(16(17)22)5-8-20(9-6-18)10-12-26(4,23)24/h14,16,22H,5-13H2,1-4H3,(H,19,21)/t16-,17+/m0/s1. The summed E-state index contributed by atoms with van der Waals surface area (Å²) < 4.78 is 28.7. The van der Waals surface area contributed by atoms with E-state index in [2.05, 4.69) is 10.2 Å². The number of piperidine rings is 1. The summed E-state index contributed by atoms with van der Waals surface area (Å²) in [6.45, 7) is 8.26. The van der Waals surface area contributed by atoms with Crippen molar-refractivity contribution < 1.29 is 23.1 Å². The molecule has 0 aromatic rings. The molecule has 2 aliphatic heterocycles. The van der Waals surface area contributed by atoms with Crippen molar-refractivity contribution >= 4 is 15.7 Å². The van der Waals surface area contributed by atoms with E-state index in [1.165, 1.54) is 6.26 Å². The summed E-state index contributed by atoms with van der Waals surface area (Å²) in [7, 11) is -2.98. The highest BCUT2D eigenvalue weighted by molar-refractivity contribution is 7.90. The van der Waals surface area contributed by atoms with Gasteiger partial charge in [0.25, 0.3) is 0 Å². The Kier molecular flexibility index (Phi) is 6.75. The number of nitrogens with zero attached hydrogens (tertiary/aromatic N) is 1. The molecule has 2 fully saturated rings. The van der Waals surface area contributed by atoms with E-state index in [9.17, 15) is 18.3 Å². The fourth-order valence-corrected chi connectivity index (χ4v) is 4.59. The molecular formula is C18H34N2O5S. The topological polar surface area (TPSA) is 95.9 Å². The Morgan fingerprint density at radius 2 is 1.92 bits per heavy atom. The highest BCUT2D eigenvalue weighted by Crippen LogP contribution is 2.40. The summed E-state index contributed by atoms with van der Waals surface area (Å²) in [5.41, 5.74) is -1.36. The number of carbonyl (C=O) groups is 1. The number of aliphatic hydroxyl groups is 1. The predicted octanol–water partition coefficient (Wildman–Crippen LogP) is 0.568. The van der Waals surface area contributed by atoms with Crippen molar-refractivity contribution in [3.05, 3.63) is 0 Å². The largest absolute Gasteiger partial charge is 0.388 e. The van der Waals surface area contributed by atoms with Crippen molar-refractivity contribution in [3.8, 4) is 0 Å². The second kappa shape index (κ2) is 8.12. The Bertz CT molecular complexity index is 599. The Hall–Kier alpha value is -0.700. The van der Waals surface area contributed by atoms with Crippen molar-refractivity contribution in [1.29, 1.82) is 0 Å². The molecule has 8 heteroatoms. The molecular weight excluding hydrogens is 356 g/mol. The Balaban J connectivity index is 1.98. The summed E-state index contributed by atoms with van der Waals surface area (Å²) >= 11 is 0. The number of aliphatic hydroxyl groups excluding tert-OH is 1. The number of hydrogen-bond donors (Lipinski definition) is 2. The van der Waals surface area contributed by atoms with E-state index < -0.39 is 27.1 Å². The zero-order valence-corrected chi connectivity index (χ0v) is 17.3. The van der Waals surface area contributed by atoms with Crippen molar-refractivity contribution in [2.45, 2.75) is 63.7 Å². The lowest BCUT2D eigenvalue weighted by molar-refractivity contribution is -0.207. The molecule has 2 heterocycles. The van der Waals surface area contributed by atoms with E-state index in [0.717, 1.165) is 0 Å². The molecule has 0 radical (unpaired) electrons. The van der Waals surface area contributed by atoms with Crippen LogP contribution in [0.15, 0.2) is 0 Å². The van der Waals surface area contributed by atoms with Gasteiger partial charge in [-0.1, -0.05) is 13.8 Å². The second-order valence-electron chi connectivity index (χ2n) is 8.60. The van der Waals surface area contributed by atoms with E-state index in [-0.39, 0.29) is 17.6 Å². The van der Waals surface area contributed by atoms with Gasteiger partial charge in [0.1, 0.15) is 15.9 Å². The first-order valence-corrected chi connectivity index (χ1v) is 11.5. The van der Waals surface area contributed by atoms with Gasteiger partial charge in [-0.15, -0.1) is 0 Å². The quantitative estimate of drug-likeness (QED) is 0.688.